The van der Waals surface area contributed by atoms with Gasteiger partial charge in [0.25, 0.3) is 0 Å². The van der Waals surface area contributed by atoms with Crippen LogP contribution in [-0.4, -0.2) is 60.9 Å². The Kier molecular flexibility index (Phi) is 4.12. The number of hydrogen-bond donors (Lipinski definition) is 0. The van der Waals surface area contributed by atoms with E-state index >= 15 is 0 Å². The van der Waals surface area contributed by atoms with E-state index in [2.05, 4.69) is 6.92 Å². The van der Waals surface area contributed by atoms with Crippen LogP contribution in [0, 0.1) is 11.8 Å². The smallest absolute Gasteiger partial charge is 0.312 e. The van der Waals surface area contributed by atoms with Crippen LogP contribution in [0.3, 0.4) is 0 Å². The van der Waals surface area contributed by atoms with E-state index in [4.69, 9.17) is 14.2 Å². The van der Waals surface area contributed by atoms with Gasteiger partial charge in [0.1, 0.15) is 11.5 Å². The van der Waals surface area contributed by atoms with Crippen molar-refractivity contribution in [3.8, 4) is 0 Å². The Morgan fingerprint density at radius 1 is 1.50 bits per heavy atom. The summed E-state index contributed by atoms with van der Waals surface area (Å²) in [5, 5.41) is 0. The Morgan fingerprint density at radius 2 is 2.38 bits per heavy atom. The van der Waals surface area contributed by atoms with Gasteiger partial charge in [-0.3, -0.25) is 9.59 Å². The zero-order chi connectivity index (χ0) is 16.7. The minimum atomic E-state index is -0.644. The molecule has 2 bridgehead atoms. The van der Waals surface area contributed by atoms with Crippen molar-refractivity contribution >= 4 is 11.9 Å². The molecule has 0 aromatic rings. The average molecular weight is 335 g/mol. The predicted molar refractivity (Wildman–Crippen MR) is 85.1 cm³/mol. The first-order valence-corrected chi connectivity index (χ1v) is 9.09. The maximum atomic E-state index is 13.0. The minimum absolute atomic E-state index is 0.00907. The molecule has 3 saturated heterocycles. The third-order valence-electron chi connectivity index (χ3n) is 5.64. The van der Waals surface area contributed by atoms with Gasteiger partial charge in [-0.05, 0) is 19.3 Å². The van der Waals surface area contributed by atoms with Crippen molar-refractivity contribution < 1.29 is 23.8 Å². The van der Waals surface area contributed by atoms with Crippen molar-refractivity contribution in [1.29, 1.82) is 0 Å². The zero-order valence-electron chi connectivity index (χ0n) is 14.1. The highest BCUT2D eigenvalue weighted by Crippen LogP contribution is 2.52. The van der Waals surface area contributed by atoms with E-state index < -0.39 is 17.4 Å². The third kappa shape index (κ3) is 2.47. The summed E-state index contributed by atoms with van der Waals surface area (Å²) < 4.78 is 17.1. The van der Waals surface area contributed by atoms with Crippen LogP contribution in [0.15, 0.2) is 12.2 Å². The Balaban J connectivity index is 1.48. The van der Waals surface area contributed by atoms with E-state index in [1.54, 1.807) is 0 Å². The Hall–Kier alpha value is -1.40. The predicted octanol–water partition coefficient (Wildman–Crippen LogP) is 1.29. The molecule has 0 saturated carbocycles. The zero-order valence-corrected chi connectivity index (χ0v) is 14.1. The summed E-state index contributed by atoms with van der Waals surface area (Å²) >= 11 is 0. The number of fused-ring (bicyclic) bond motifs is 1. The lowest BCUT2D eigenvalue weighted by atomic mass is 9.77. The molecule has 6 heteroatoms. The minimum Gasteiger partial charge on any atom is -0.465 e. The van der Waals surface area contributed by atoms with Crippen molar-refractivity contribution in [2.75, 3.05) is 26.3 Å². The molecule has 1 spiro atoms. The second-order valence-corrected chi connectivity index (χ2v) is 7.27. The largest absolute Gasteiger partial charge is 0.465 e. The molecule has 4 aliphatic heterocycles. The van der Waals surface area contributed by atoms with Gasteiger partial charge in [-0.15, -0.1) is 0 Å². The number of hydrogen-bond acceptors (Lipinski definition) is 5. The Labute approximate surface area is 142 Å². The molecule has 5 atom stereocenters. The highest BCUT2D eigenvalue weighted by molar-refractivity contribution is 5.91. The van der Waals surface area contributed by atoms with E-state index in [9.17, 15) is 9.59 Å². The molecule has 3 fully saturated rings. The van der Waals surface area contributed by atoms with Gasteiger partial charge in [-0.1, -0.05) is 25.5 Å². The van der Waals surface area contributed by atoms with Gasteiger partial charge < -0.3 is 19.1 Å². The molecular formula is C18H25NO5. The molecule has 0 aliphatic carbocycles. The molecule has 0 aromatic heterocycles. The van der Waals surface area contributed by atoms with E-state index in [0.29, 0.717) is 19.7 Å². The van der Waals surface area contributed by atoms with E-state index in [1.807, 2.05) is 17.1 Å². The summed E-state index contributed by atoms with van der Waals surface area (Å²) in [6.45, 7) is 4.34. The number of likely N-dealkylation sites (tertiary alicyclic amines) is 1. The lowest BCUT2D eigenvalue weighted by Crippen LogP contribution is -2.40. The van der Waals surface area contributed by atoms with Crippen LogP contribution >= 0.6 is 0 Å². The quantitative estimate of drug-likeness (QED) is 0.416. The van der Waals surface area contributed by atoms with Crippen LogP contribution in [0.4, 0.5) is 0 Å². The molecular weight excluding hydrogens is 310 g/mol. The molecule has 6 nitrogen and oxygen atoms in total. The van der Waals surface area contributed by atoms with Crippen LogP contribution in [0.5, 0.6) is 0 Å². The summed E-state index contributed by atoms with van der Waals surface area (Å²) in [6.07, 6.45) is 7.54. The average Bonchev–Trinajstić information content (AvgIpc) is 3.31. The van der Waals surface area contributed by atoms with Crippen LogP contribution in [0.2, 0.25) is 0 Å². The number of amides is 1. The molecule has 1 amide bonds. The van der Waals surface area contributed by atoms with Crippen molar-refractivity contribution in [2.45, 2.75) is 50.4 Å². The van der Waals surface area contributed by atoms with E-state index in [-0.39, 0.29) is 24.1 Å². The lowest BCUT2D eigenvalue weighted by molar-refractivity contribution is -0.154. The van der Waals surface area contributed by atoms with Crippen LogP contribution in [0.25, 0.3) is 0 Å². The third-order valence-corrected chi connectivity index (χ3v) is 5.64. The summed E-state index contributed by atoms with van der Waals surface area (Å²) in [6, 6.07) is 0. The van der Waals surface area contributed by atoms with Crippen molar-refractivity contribution in [2.24, 2.45) is 11.8 Å². The first-order chi connectivity index (χ1) is 11.6. The van der Waals surface area contributed by atoms with Crippen LogP contribution < -0.4 is 0 Å². The van der Waals surface area contributed by atoms with Crippen molar-refractivity contribution in [3.63, 3.8) is 0 Å². The molecule has 0 aromatic carbocycles. The SMILES string of the molecule is CCCCOC(=O)[C@@H]1[C@@H]2C=C[C@]3(CN(C[C@H]4CCCO4)C(=O)[C@H]13)O2. The molecule has 0 N–H and O–H groups in total. The maximum absolute atomic E-state index is 13.0. The summed E-state index contributed by atoms with van der Waals surface area (Å²) in [4.78, 5) is 27.3. The molecule has 0 unspecified atom stereocenters. The Bertz CT molecular complexity index is 556. The fourth-order valence-corrected chi connectivity index (χ4v) is 4.45. The van der Waals surface area contributed by atoms with Crippen LogP contribution in [-0.2, 0) is 23.8 Å². The van der Waals surface area contributed by atoms with Gasteiger partial charge >= 0.3 is 5.97 Å². The number of unbranched alkanes of at least 4 members (excludes halogenated alkanes) is 1. The van der Waals surface area contributed by atoms with Crippen LogP contribution in [0.1, 0.15) is 32.6 Å². The number of rotatable bonds is 6. The monoisotopic (exact) mass is 335 g/mol. The molecule has 4 rings (SSSR count). The fraction of sp³-hybridized carbons (Fsp3) is 0.778. The molecule has 4 heterocycles. The fourth-order valence-electron chi connectivity index (χ4n) is 4.45. The molecule has 0 radical (unpaired) electrons. The highest BCUT2D eigenvalue weighted by Gasteiger charge is 2.67. The molecule has 24 heavy (non-hydrogen) atoms. The first kappa shape index (κ1) is 16.1. The van der Waals surface area contributed by atoms with Crippen molar-refractivity contribution in [3.05, 3.63) is 12.2 Å². The van der Waals surface area contributed by atoms with Crippen molar-refractivity contribution in [1.82, 2.24) is 4.90 Å². The van der Waals surface area contributed by atoms with Gasteiger partial charge in [0.15, 0.2) is 0 Å². The lowest BCUT2D eigenvalue weighted by Gasteiger charge is -2.23. The normalized spacial score (nSPS) is 39.7. The topological polar surface area (TPSA) is 65.1 Å². The number of esters is 1. The highest BCUT2D eigenvalue weighted by atomic mass is 16.6. The second kappa shape index (κ2) is 6.15. The van der Waals surface area contributed by atoms with Gasteiger partial charge in [0, 0.05) is 13.2 Å². The number of carbonyl (C=O) groups excluding carboxylic acids is 2. The van der Waals surface area contributed by atoms with Gasteiger partial charge in [-0.2, -0.15) is 0 Å². The summed E-state index contributed by atoms with van der Waals surface area (Å²) in [5.41, 5.74) is -0.644. The standard InChI is InChI=1S/C18H25NO5/c1-2-3-8-23-17(21)14-13-6-7-18(24-13)11-19(16(20)15(14)18)10-12-5-4-9-22-12/h6-7,12-15H,2-5,8-11H2,1H3/t12-,13+,14-,15+,18-/m1/s1. The first-order valence-electron chi connectivity index (χ1n) is 9.09. The van der Waals surface area contributed by atoms with Gasteiger partial charge in [0.2, 0.25) is 5.91 Å². The number of carbonyl (C=O) groups is 2. The van der Waals surface area contributed by atoms with Gasteiger partial charge in [0.05, 0.1) is 31.3 Å². The van der Waals surface area contributed by atoms with E-state index in [1.165, 1.54) is 0 Å². The molecule has 4 aliphatic rings. The van der Waals surface area contributed by atoms with E-state index in [0.717, 1.165) is 32.3 Å². The Morgan fingerprint density at radius 3 is 3.12 bits per heavy atom. The summed E-state index contributed by atoms with van der Waals surface area (Å²) in [7, 11) is 0. The number of nitrogens with zero attached hydrogens (tertiary/aromatic N) is 1. The van der Waals surface area contributed by atoms with Gasteiger partial charge in [-0.25, -0.2) is 0 Å². The second-order valence-electron chi connectivity index (χ2n) is 7.27. The molecule has 132 valence electrons. The summed E-state index contributed by atoms with van der Waals surface area (Å²) in [5.74, 6) is -1.23. The maximum Gasteiger partial charge on any atom is 0.312 e. The number of ether oxygens (including phenoxy) is 3.